The Balaban J connectivity index is 1.63. The molecule has 0 spiro atoms. The zero-order chi connectivity index (χ0) is 17.8. The standard InChI is InChI=1S/C19H25FN4O/c1-3-24-14-17(15(2)21-24)12-22-9-8-19(25)23(11-10-22)13-16-6-4-5-7-18(16)20/h4-7,14H,3,8-13H2,1-2H3. The summed E-state index contributed by atoms with van der Waals surface area (Å²) in [4.78, 5) is 16.5. The first kappa shape index (κ1) is 17.6. The van der Waals surface area contributed by atoms with Crippen molar-refractivity contribution >= 4 is 5.91 Å². The van der Waals surface area contributed by atoms with E-state index in [9.17, 15) is 9.18 Å². The first-order valence-corrected chi connectivity index (χ1v) is 8.83. The van der Waals surface area contributed by atoms with Crippen LogP contribution in [0.15, 0.2) is 30.5 Å². The van der Waals surface area contributed by atoms with Gasteiger partial charge in [0.15, 0.2) is 0 Å². The molecule has 1 amide bonds. The summed E-state index contributed by atoms with van der Waals surface area (Å²) in [6.07, 6.45) is 2.55. The van der Waals surface area contributed by atoms with Gasteiger partial charge in [0.2, 0.25) is 5.91 Å². The van der Waals surface area contributed by atoms with E-state index in [0.717, 1.165) is 31.9 Å². The normalized spacial score (nSPS) is 16.3. The highest BCUT2D eigenvalue weighted by Crippen LogP contribution is 2.16. The Morgan fingerprint density at radius 2 is 1.92 bits per heavy atom. The van der Waals surface area contributed by atoms with Gasteiger partial charge in [0.25, 0.3) is 0 Å². The second-order valence-electron chi connectivity index (χ2n) is 6.53. The van der Waals surface area contributed by atoms with Crippen LogP contribution in [-0.4, -0.2) is 45.1 Å². The highest BCUT2D eigenvalue weighted by atomic mass is 19.1. The summed E-state index contributed by atoms with van der Waals surface area (Å²) in [7, 11) is 0. The number of hydrogen-bond acceptors (Lipinski definition) is 3. The Hall–Kier alpha value is -2.21. The molecular formula is C19H25FN4O. The third-order valence-electron chi connectivity index (χ3n) is 4.77. The minimum atomic E-state index is -0.251. The number of hydrogen-bond donors (Lipinski definition) is 0. The fourth-order valence-electron chi connectivity index (χ4n) is 3.19. The fraction of sp³-hybridized carbons (Fsp3) is 0.474. The predicted octanol–water partition coefficient (Wildman–Crippen LogP) is 2.59. The molecule has 134 valence electrons. The number of carbonyl (C=O) groups excluding carboxylic acids is 1. The number of halogens is 1. The van der Waals surface area contributed by atoms with Crippen molar-refractivity contribution in [3.8, 4) is 0 Å². The highest BCUT2D eigenvalue weighted by Gasteiger charge is 2.22. The Kier molecular flexibility index (Phi) is 5.48. The van der Waals surface area contributed by atoms with Crippen molar-refractivity contribution in [1.82, 2.24) is 19.6 Å². The smallest absolute Gasteiger partial charge is 0.224 e. The quantitative estimate of drug-likeness (QED) is 0.837. The van der Waals surface area contributed by atoms with Gasteiger partial charge in [0.05, 0.1) is 5.69 Å². The highest BCUT2D eigenvalue weighted by molar-refractivity contribution is 5.76. The maximum atomic E-state index is 13.9. The van der Waals surface area contributed by atoms with Crippen LogP contribution in [-0.2, 0) is 24.4 Å². The van der Waals surface area contributed by atoms with E-state index in [0.29, 0.717) is 25.1 Å². The molecule has 0 N–H and O–H groups in total. The van der Waals surface area contributed by atoms with Gasteiger partial charge in [-0.05, 0) is 19.9 Å². The number of benzene rings is 1. The summed E-state index contributed by atoms with van der Waals surface area (Å²) in [5.41, 5.74) is 2.82. The van der Waals surface area contributed by atoms with Crippen molar-refractivity contribution in [3.05, 3.63) is 53.1 Å². The number of nitrogens with zero attached hydrogens (tertiary/aromatic N) is 4. The number of rotatable bonds is 5. The van der Waals surface area contributed by atoms with Crippen LogP contribution in [0.5, 0.6) is 0 Å². The summed E-state index contributed by atoms with van der Waals surface area (Å²) in [5.74, 6) is -0.161. The van der Waals surface area contributed by atoms with E-state index in [1.165, 1.54) is 11.6 Å². The lowest BCUT2D eigenvalue weighted by Gasteiger charge is -2.22. The van der Waals surface area contributed by atoms with E-state index in [1.54, 1.807) is 23.1 Å². The number of aryl methyl sites for hydroxylation is 2. The molecular weight excluding hydrogens is 319 g/mol. The monoisotopic (exact) mass is 344 g/mol. The molecule has 1 aromatic carbocycles. The molecule has 5 nitrogen and oxygen atoms in total. The van der Waals surface area contributed by atoms with Crippen LogP contribution in [0.25, 0.3) is 0 Å². The van der Waals surface area contributed by atoms with Crippen molar-refractivity contribution in [1.29, 1.82) is 0 Å². The molecule has 1 fully saturated rings. The van der Waals surface area contributed by atoms with E-state index < -0.39 is 0 Å². The summed E-state index contributed by atoms with van der Waals surface area (Å²) in [6, 6.07) is 6.66. The van der Waals surface area contributed by atoms with E-state index in [-0.39, 0.29) is 11.7 Å². The SMILES string of the molecule is CCn1cc(CN2CCC(=O)N(Cc3ccccc3F)CC2)c(C)n1. The minimum absolute atomic E-state index is 0.0896. The Bertz CT molecular complexity index is 743. The Morgan fingerprint density at radius 3 is 2.64 bits per heavy atom. The lowest BCUT2D eigenvalue weighted by atomic mass is 10.2. The maximum absolute atomic E-state index is 13.9. The molecule has 1 aromatic heterocycles. The fourth-order valence-corrected chi connectivity index (χ4v) is 3.19. The maximum Gasteiger partial charge on any atom is 0.224 e. The summed E-state index contributed by atoms with van der Waals surface area (Å²) in [6.45, 7) is 8.22. The molecule has 0 radical (unpaired) electrons. The molecule has 3 rings (SSSR count). The largest absolute Gasteiger partial charge is 0.337 e. The number of aromatic nitrogens is 2. The molecule has 0 unspecified atom stereocenters. The van der Waals surface area contributed by atoms with Crippen LogP contribution in [0, 0.1) is 12.7 Å². The molecule has 0 saturated carbocycles. The van der Waals surface area contributed by atoms with Gasteiger partial charge < -0.3 is 4.90 Å². The Labute approximate surface area is 148 Å². The third kappa shape index (κ3) is 4.25. The van der Waals surface area contributed by atoms with E-state index >= 15 is 0 Å². The lowest BCUT2D eigenvalue weighted by Crippen LogP contribution is -2.33. The van der Waals surface area contributed by atoms with E-state index in [2.05, 4.69) is 23.1 Å². The zero-order valence-electron chi connectivity index (χ0n) is 14.9. The van der Waals surface area contributed by atoms with Gasteiger partial charge in [-0.15, -0.1) is 0 Å². The lowest BCUT2D eigenvalue weighted by molar-refractivity contribution is -0.131. The van der Waals surface area contributed by atoms with Gasteiger partial charge in [-0.1, -0.05) is 18.2 Å². The molecule has 2 heterocycles. The average molecular weight is 344 g/mol. The van der Waals surface area contributed by atoms with Crippen molar-refractivity contribution in [2.75, 3.05) is 19.6 Å². The first-order chi connectivity index (χ1) is 12.1. The molecule has 0 bridgehead atoms. The van der Waals surface area contributed by atoms with E-state index in [4.69, 9.17) is 0 Å². The topological polar surface area (TPSA) is 41.4 Å². The average Bonchev–Trinajstić information content (AvgIpc) is 2.87. The molecule has 0 aliphatic carbocycles. The molecule has 1 saturated heterocycles. The molecule has 1 aliphatic rings. The second-order valence-corrected chi connectivity index (χ2v) is 6.53. The van der Waals surface area contributed by atoms with E-state index in [1.807, 2.05) is 11.6 Å². The van der Waals surface area contributed by atoms with Crippen molar-refractivity contribution in [2.45, 2.75) is 39.9 Å². The molecule has 1 aliphatic heterocycles. The van der Waals surface area contributed by atoms with Gasteiger partial charge in [-0.2, -0.15) is 5.10 Å². The number of carbonyl (C=O) groups is 1. The van der Waals surface area contributed by atoms with Crippen LogP contribution in [0.1, 0.15) is 30.2 Å². The van der Waals surface area contributed by atoms with Gasteiger partial charge in [0, 0.05) is 63.0 Å². The van der Waals surface area contributed by atoms with Gasteiger partial charge in [-0.3, -0.25) is 14.4 Å². The van der Waals surface area contributed by atoms with Crippen LogP contribution < -0.4 is 0 Å². The van der Waals surface area contributed by atoms with Crippen LogP contribution >= 0.6 is 0 Å². The summed E-state index contributed by atoms with van der Waals surface area (Å²) in [5, 5.41) is 4.48. The molecule has 0 atom stereocenters. The van der Waals surface area contributed by atoms with Gasteiger partial charge >= 0.3 is 0 Å². The Morgan fingerprint density at radius 1 is 1.12 bits per heavy atom. The second kappa shape index (κ2) is 7.78. The number of amides is 1. The van der Waals surface area contributed by atoms with Crippen molar-refractivity contribution in [2.24, 2.45) is 0 Å². The predicted molar refractivity (Wildman–Crippen MR) is 94.3 cm³/mol. The zero-order valence-corrected chi connectivity index (χ0v) is 14.9. The molecule has 6 heteroatoms. The summed E-state index contributed by atoms with van der Waals surface area (Å²) < 4.78 is 15.8. The minimum Gasteiger partial charge on any atom is -0.337 e. The first-order valence-electron chi connectivity index (χ1n) is 8.83. The molecule has 2 aromatic rings. The van der Waals surface area contributed by atoms with Crippen LogP contribution in [0.4, 0.5) is 4.39 Å². The van der Waals surface area contributed by atoms with Crippen LogP contribution in [0.2, 0.25) is 0 Å². The van der Waals surface area contributed by atoms with Gasteiger partial charge in [-0.25, -0.2) is 4.39 Å². The summed E-state index contributed by atoms with van der Waals surface area (Å²) >= 11 is 0. The van der Waals surface area contributed by atoms with Crippen molar-refractivity contribution in [3.63, 3.8) is 0 Å². The third-order valence-corrected chi connectivity index (χ3v) is 4.77. The van der Waals surface area contributed by atoms with Crippen molar-refractivity contribution < 1.29 is 9.18 Å². The van der Waals surface area contributed by atoms with Gasteiger partial charge in [0.1, 0.15) is 5.82 Å². The molecule has 25 heavy (non-hydrogen) atoms. The van der Waals surface area contributed by atoms with Crippen LogP contribution in [0.3, 0.4) is 0 Å².